The van der Waals surface area contributed by atoms with Crippen LogP contribution >= 0.6 is 23.2 Å². The average Bonchev–Trinajstić information content (AvgIpc) is 2.86. The first-order chi connectivity index (χ1) is 17.0. The first-order valence-corrected chi connectivity index (χ1v) is 12.5. The lowest BCUT2D eigenvalue weighted by atomic mass is 10.0. The van der Waals surface area contributed by atoms with Crippen molar-refractivity contribution in [2.75, 3.05) is 13.2 Å². The lowest BCUT2D eigenvalue weighted by Gasteiger charge is -2.31. The molecule has 2 amide bonds. The zero-order valence-electron chi connectivity index (χ0n) is 19.8. The van der Waals surface area contributed by atoms with Gasteiger partial charge in [-0.3, -0.25) is 9.59 Å². The van der Waals surface area contributed by atoms with Crippen LogP contribution in [-0.4, -0.2) is 35.9 Å². The van der Waals surface area contributed by atoms with Gasteiger partial charge < -0.3 is 15.0 Å². The summed E-state index contributed by atoms with van der Waals surface area (Å²) in [4.78, 5) is 28.3. The van der Waals surface area contributed by atoms with Crippen LogP contribution in [0.3, 0.4) is 0 Å². The van der Waals surface area contributed by atoms with Gasteiger partial charge in [0.25, 0.3) is 0 Å². The van der Waals surface area contributed by atoms with Crippen molar-refractivity contribution in [2.24, 2.45) is 0 Å². The molecule has 3 aromatic carbocycles. The molecule has 0 aromatic heterocycles. The number of carbonyl (C=O) groups is 2. The number of nitrogens with zero attached hydrogens (tertiary/aromatic N) is 1. The van der Waals surface area contributed by atoms with Crippen molar-refractivity contribution in [3.05, 3.63) is 100 Å². The molecule has 1 N–H and O–H groups in total. The van der Waals surface area contributed by atoms with Gasteiger partial charge in [0.1, 0.15) is 11.8 Å². The van der Waals surface area contributed by atoms with Crippen LogP contribution in [0.2, 0.25) is 10.0 Å². The Labute approximate surface area is 217 Å². The van der Waals surface area contributed by atoms with Crippen LogP contribution in [0.15, 0.2) is 78.9 Å². The van der Waals surface area contributed by atoms with Crippen LogP contribution in [0, 0.1) is 0 Å². The number of amides is 2. The maximum atomic E-state index is 13.5. The van der Waals surface area contributed by atoms with Crippen molar-refractivity contribution >= 4 is 35.0 Å². The van der Waals surface area contributed by atoms with E-state index in [2.05, 4.69) is 5.32 Å². The molecule has 0 aliphatic rings. The van der Waals surface area contributed by atoms with Gasteiger partial charge in [0.2, 0.25) is 11.8 Å². The van der Waals surface area contributed by atoms with Gasteiger partial charge in [-0.2, -0.15) is 0 Å². The second-order valence-electron chi connectivity index (χ2n) is 8.16. The molecule has 0 aliphatic carbocycles. The molecule has 0 spiro atoms. The fourth-order valence-corrected chi connectivity index (χ4v) is 4.10. The molecule has 0 saturated carbocycles. The Kier molecular flexibility index (Phi) is 10.5. The zero-order chi connectivity index (χ0) is 25.0. The smallest absolute Gasteiger partial charge is 0.243 e. The van der Waals surface area contributed by atoms with E-state index in [1.54, 1.807) is 35.2 Å². The van der Waals surface area contributed by atoms with Crippen LogP contribution in [0.4, 0.5) is 0 Å². The van der Waals surface area contributed by atoms with Gasteiger partial charge in [-0.1, -0.05) is 65.7 Å². The fourth-order valence-electron chi connectivity index (χ4n) is 3.77. The number of halogens is 2. The maximum Gasteiger partial charge on any atom is 0.243 e. The molecule has 0 radical (unpaired) electrons. The van der Waals surface area contributed by atoms with Crippen molar-refractivity contribution in [2.45, 2.75) is 38.8 Å². The van der Waals surface area contributed by atoms with E-state index < -0.39 is 6.04 Å². The minimum atomic E-state index is -0.652. The maximum absolute atomic E-state index is 13.5. The summed E-state index contributed by atoms with van der Waals surface area (Å²) in [5, 5.41) is 4.12. The van der Waals surface area contributed by atoms with Gasteiger partial charge in [-0.15, -0.1) is 0 Å². The summed E-state index contributed by atoms with van der Waals surface area (Å²) >= 11 is 12.1. The van der Waals surface area contributed by atoms with Gasteiger partial charge >= 0.3 is 0 Å². The van der Waals surface area contributed by atoms with E-state index in [1.807, 2.05) is 55.5 Å². The first-order valence-electron chi connectivity index (χ1n) is 11.7. The Morgan fingerprint density at radius 3 is 2.31 bits per heavy atom. The van der Waals surface area contributed by atoms with E-state index in [4.69, 9.17) is 27.9 Å². The standard InChI is InChI=1S/C28H30Cl2N2O3/c1-2-31-28(34)26(19-21-8-4-3-5-9-21)32(20-22-10-6-11-24(30)18-22)27(33)12-7-17-35-25-15-13-23(29)14-16-25/h3-6,8-11,13-16,18,26H,2,7,12,17,19-20H2,1H3,(H,31,34)/t26-/m0/s1. The summed E-state index contributed by atoms with van der Waals surface area (Å²) in [6.07, 6.45) is 1.18. The molecule has 3 aromatic rings. The van der Waals surface area contributed by atoms with Crippen molar-refractivity contribution in [1.82, 2.24) is 10.2 Å². The highest BCUT2D eigenvalue weighted by Gasteiger charge is 2.29. The zero-order valence-corrected chi connectivity index (χ0v) is 21.3. The Balaban J connectivity index is 1.76. The molecule has 0 saturated heterocycles. The van der Waals surface area contributed by atoms with Crippen molar-refractivity contribution in [3.8, 4) is 5.75 Å². The third-order valence-electron chi connectivity index (χ3n) is 5.48. The summed E-state index contributed by atoms with van der Waals surface area (Å²) < 4.78 is 5.74. The molecule has 7 heteroatoms. The number of likely N-dealkylation sites (N-methyl/N-ethyl adjacent to an activating group) is 1. The normalized spacial score (nSPS) is 11.5. The SMILES string of the molecule is CCNC(=O)[C@H](Cc1ccccc1)N(Cc1cccc(Cl)c1)C(=O)CCCOc1ccc(Cl)cc1. The highest BCUT2D eigenvalue weighted by Crippen LogP contribution is 2.19. The van der Waals surface area contributed by atoms with E-state index in [0.29, 0.717) is 41.8 Å². The molecule has 3 rings (SSSR count). The van der Waals surface area contributed by atoms with E-state index in [-0.39, 0.29) is 24.8 Å². The number of carbonyl (C=O) groups excluding carboxylic acids is 2. The van der Waals surface area contributed by atoms with Crippen molar-refractivity contribution in [1.29, 1.82) is 0 Å². The van der Waals surface area contributed by atoms with E-state index in [9.17, 15) is 9.59 Å². The van der Waals surface area contributed by atoms with Crippen LogP contribution in [-0.2, 0) is 22.6 Å². The molecule has 0 bridgehead atoms. The van der Waals surface area contributed by atoms with E-state index in [1.165, 1.54) is 0 Å². The van der Waals surface area contributed by atoms with E-state index in [0.717, 1.165) is 11.1 Å². The van der Waals surface area contributed by atoms with Crippen LogP contribution in [0.25, 0.3) is 0 Å². The van der Waals surface area contributed by atoms with Crippen LogP contribution in [0.1, 0.15) is 30.9 Å². The lowest BCUT2D eigenvalue weighted by molar-refractivity contribution is -0.141. The summed E-state index contributed by atoms with van der Waals surface area (Å²) in [6.45, 7) is 3.02. The summed E-state index contributed by atoms with van der Waals surface area (Å²) in [5.41, 5.74) is 1.85. The van der Waals surface area contributed by atoms with Gasteiger partial charge in [0.15, 0.2) is 0 Å². The third-order valence-corrected chi connectivity index (χ3v) is 5.97. The van der Waals surface area contributed by atoms with Gasteiger partial charge in [0.05, 0.1) is 6.61 Å². The number of benzene rings is 3. The summed E-state index contributed by atoms with van der Waals surface area (Å²) in [7, 11) is 0. The molecule has 0 aliphatic heterocycles. The van der Waals surface area contributed by atoms with Gasteiger partial charge in [-0.05, 0) is 60.9 Å². The second kappa shape index (κ2) is 13.8. The molecule has 1 atom stereocenters. The molecule has 0 fully saturated rings. The predicted octanol–water partition coefficient (Wildman–Crippen LogP) is 5.93. The number of hydrogen-bond acceptors (Lipinski definition) is 3. The quantitative estimate of drug-likeness (QED) is 0.306. The minimum absolute atomic E-state index is 0.114. The highest BCUT2D eigenvalue weighted by atomic mass is 35.5. The van der Waals surface area contributed by atoms with Gasteiger partial charge in [-0.25, -0.2) is 0 Å². The second-order valence-corrected chi connectivity index (χ2v) is 9.03. The number of rotatable bonds is 12. The largest absolute Gasteiger partial charge is 0.494 e. The number of nitrogens with one attached hydrogen (secondary N) is 1. The Hall–Kier alpha value is -3.02. The summed E-state index contributed by atoms with van der Waals surface area (Å²) in [5.74, 6) is 0.405. The minimum Gasteiger partial charge on any atom is -0.494 e. The van der Waals surface area contributed by atoms with Crippen LogP contribution < -0.4 is 10.1 Å². The van der Waals surface area contributed by atoms with Crippen molar-refractivity contribution < 1.29 is 14.3 Å². The molecular formula is C28H30Cl2N2O3. The lowest BCUT2D eigenvalue weighted by Crippen LogP contribution is -2.50. The molecule has 0 unspecified atom stereocenters. The van der Waals surface area contributed by atoms with Crippen LogP contribution in [0.5, 0.6) is 5.75 Å². The number of hydrogen-bond donors (Lipinski definition) is 1. The molecular weight excluding hydrogens is 483 g/mol. The molecule has 0 heterocycles. The topological polar surface area (TPSA) is 58.6 Å². The molecule has 35 heavy (non-hydrogen) atoms. The highest BCUT2D eigenvalue weighted by molar-refractivity contribution is 6.30. The van der Waals surface area contributed by atoms with Crippen molar-refractivity contribution in [3.63, 3.8) is 0 Å². The van der Waals surface area contributed by atoms with Gasteiger partial charge in [0, 0.05) is 36.0 Å². The van der Waals surface area contributed by atoms with E-state index >= 15 is 0 Å². The Bertz CT molecular complexity index is 1090. The Morgan fingerprint density at radius 2 is 1.63 bits per heavy atom. The average molecular weight is 513 g/mol. The number of ether oxygens (including phenoxy) is 1. The monoisotopic (exact) mass is 512 g/mol. The molecule has 184 valence electrons. The summed E-state index contributed by atoms with van der Waals surface area (Å²) in [6, 6.07) is 23.5. The first kappa shape index (κ1) is 26.6. The Morgan fingerprint density at radius 1 is 0.914 bits per heavy atom. The fraction of sp³-hybridized carbons (Fsp3) is 0.286. The third kappa shape index (κ3) is 8.61. The molecule has 5 nitrogen and oxygen atoms in total. The predicted molar refractivity (Wildman–Crippen MR) is 141 cm³/mol.